The van der Waals surface area contributed by atoms with Crippen LogP contribution in [0.15, 0.2) is 36.9 Å². The predicted molar refractivity (Wildman–Crippen MR) is 89.8 cm³/mol. The van der Waals surface area contributed by atoms with Crippen LogP contribution in [0.3, 0.4) is 0 Å². The molecule has 0 radical (unpaired) electrons. The SMILES string of the molecule is Cc1ccn2cc(C(=O)N3C[C@@H](N)[C@H](c4nccn4C)C3)nc2c1. The van der Waals surface area contributed by atoms with Gasteiger partial charge in [0.2, 0.25) is 0 Å². The van der Waals surface area contributed by atoms with Crippen molar-refractivity contribution in [3.05, 3.63) is 54.0 Å². The molecule has 0 aromatic carbocycles. The minimum atomic E-state index is -0.116. The average molecular weight is 324 g/mol. The van der Waals surface area contributed by atoms with Crippen molar-refractivity contribution in [2.45, 2.75) is 18.9 Å². The van der Waals surface area contributed by atoms with E-state index in [0.717, 1.165) is 17.0 Å². The van der Waals surface area contributed by atoms with Crippen molar-refractivity contribution >= 4 is 11.6 Å². The zero-order chi connectivity index (χ0) is 16.8. The lowest BCUT2D eigenvalue weighted by atomic mass is 10.0. The lowest BCUT2D eigenvalue weighted by Crippen LogP contribution is -2.32. The lowest BCUT2D eigenvalue weighted by Gasteiger charge is -2.14. The van der Waals surface area contributed by atoms with E-state index in [0.29, 0.717) is 18.8 Å². The van der Waals surface area contributed by atoms with Gasteiger partial charge >= 0.3 is 0 Å². The summed E-state index contributed by atoms with van der Waals surface area (Å²) in [7, 11) is 1.95. The molecule has 7 heteroatoms. The monoisotopic (exact) mass is 324 g/mol. The highest BCUT2D eigenvalue weighted by atomic mass is 16.2. The first-order valence-corrected chi connectivity index (χ1v) is 8.00. The average Bonchev–Trinajstić information content (AvgIpc) is 3.24. The Morgan fingerprint density at radius 3 is 2.92 bits per heavy atom. The predicted octanol–water partition coefficient (Wildman–Crippen LogP) is 0.943. The Balaban J connectivity index is 1.59. The molecule has 4 heterocycles. The number of carbonyl (C=O) groups is 1. The van der Waals surface area contributed by atoms with E-state index in [-0.39, 0.29) is 17.9 Å². The fraction of sp³-hybridized carbons (Fsp3) is 0.353. The summed E-state index contributed by atoms with van der Waals surface area (Å²) in [5, 5.41) is 0. The second kappa shape index (κ2) is 5.45. The van der Waals surface area contributed by atoms with Gasteiger partial charge in [0.15, 0.2) is 0 Å². The number of rotatable bonds is 2. The zero-order valence-electron chi connectivity index (χ0n) is 13.8. The smallest absolute Gasteiger partial charge is 0.274 e. The van der Waals surface area contributed by atoms with E-state index in [4.69, 9.17) is 5.73 Å². The summed E-state index contributed by atoms with van der Waals surface area (Å²) in [6.07, 6.45) is 7.35. The highest BCUT2D eigenvalue weighted by molar-refractivity contribution is 5.93. The Labute approximate surface area is 139 Å². The van der Waals surface area contributed by atoms with E-state index in [1.165, 1.54) is 0 Å². The Bertz CT molecular complexity index is 911. The van der Waals surface area contributed by atoms with Gasteiger partial charge in [-0.2, -0.15) is 0 Å². The molecule has 1 aliphatic rings. The van der Waals surface area contributed by atoms with Crippen molar-refractivity contribution in [2.75, 3.05) is 13.1 Å². The molecule has 2 N–H and O–H groups in total. The van der Waals surface area contributed by atoms with Gasteiger partial charge in [-0.3, -0.25) is 4.79 Å². The van der Waals surface area contributed by atoms with Crippen LogP contribution < -0.4 is 5.73 Å². The van der Waals surface area contributed by atoms with Crippen LogP contribution in [0.4, 0.5) is 0 Å². The molecule has 1 fully saturated rings. The molecule has 1 saturated heterocycles. The molecule has 3 aromatic rings. The summed E-state index contributed by atoms with van der Waals surface area (Å²) in [5.74, 6) is 0.889. The van der Waals surface area contributed by atoms with Crippen molar-refractivity contribution in [1.82, 2.24) is 23.8 Å². The first kappa shape index (κ1) is 14.9. The number of pyridine rings is 1. The highest BCUT2D eigenvalue weighted by Crippen LogP contribution is 2.26. The number of fused-ring (bicyclic) bond motifs is 1. The molecule has 24 heavy (non-hydrogen) atoms. The van der Waals surface area contributed by atoms with Gasteiger partial charge in [0.1, 0.15) is 17.2 Å². The maximum absolute atomic E-state index is 12.8. The molecule has 0 bridgehead atoms. The number of hydrogen-bond donors (Lipinski definition) is 1. The first-order chi connectivity index (χ1) is 11.5. The molecule has 4 rings (SSSR count). The molecule has 7 nitrogen and oxygen atoms in total. The van der Waals surface area contributed by atoms with Gasteiger partial charge in [0.05, 0.1) is 5.92 Å². The maximum Gasteiger partial charge on any atom is 0.274 e. The van der Waals surface area contributed by atoms with Crippen molar-refractivity contribution in [3.63, 3.8) is 0 Å². The van der Waals surface area contributed by atoms with Crippen LogP contribution >= 0.6 is 0 Å². The van der Waals surface area contributed by atoms with Crippen molar-refractivity contribution in [1.29, 1.82) is 0 Å². The summed E-state index contributed by atoms with van der Waals surface area (Å²) < 4.78 is 3.83. The van der Waals surface area contributed by atoms with Crippen LogP contribution in [0.2, 0.25) is 0 Å². The minimum Gasteiger partial charge on any atom is -0.338 e. The van der Waals surface area contributed by atoms with E-state index in [9.17, 15) is 4.79 Å². The maximum atomic E-state index is 12.8. The van der Waals surface area contributed by atoms with Crippen LogP contribution in [0.5, 0.6) is 0 Å². The second-order valence-corrected chi connectivity index (χ2v) is 6.47. The van der Waals surface area contributed by atoms with Gasteiger partial charge in [-0.25, -0.2) is 9.97 Å². The second-order valence-electron chi connectivity index (χ2n) is 6.47. The Hall–Kier alpha value is -2.67. The van der Waals surface area contributed by atoms with Crippen LogP contribution in [-0.2, 0) is 7.05 Å². The third-order valence-corrected chi connectivity index (χ3v) is 4.68. The molecule has 1 aliphatic heterocycles. The fourth-order valence-corrected chi connectivity index (χ4v) is 3.35. The summed E-state index contributed by atoms with van der Waals surface area (Å²) in [5.41, 5.74) is 8.62. The van der Waals surface area contributed by atoms with Crippen molar-refractivity contribution in [2.24, 2.45) is 12.8 Å². The standard InChI is InChI=1S/C17H20N6O/c1-11-3-5-22-10-14(20-15(22)7-11)17(24)23-8-12(13(18)9-23)16-19-4-6-21(16)2/h3-7,10,12-13H,8-9,18H2,1-2H3/t12-,13-/m1/s1. The van der Waals surface area contributed by atoms with E-state index in [1.54, 1.807) is 17.3 Å². The number of nitrogens with two attached hydrogens (primary N) is 1. The van der Waals surface area contributed by atoms with Gasteiger partial charge in [-0.05, 0) is 24.6 Å². The third-order valence-electron chi connectivity index (χ3n) is 4.68. The Morgan fingerprint density at radius 1 is 1.33 bits per heavy atom. The van der Waals surface area contributed by atoms with E-state index in [1.807, 2.05) is 47.5 Å². The van der Waals surface area contributed by atoms with Gasteiger partial charge in [0, 0.05) is 51.0 Å². The molecule has 0 aliphatic carbocycles. The number of aryl methyl sites for hydroxylation is 2. The topological polar surface area (TPSA) is 81.5 Å². The quantitative estimate of drug-likeness (QED) is 0.761. The summed E-state index contributed by atoms with van der Waals surface area (Å²) in [4.78, 5) is 23.4. The Kier molecular flexibility index (Phi) is 3.38. The lowest BCUT2D eigenvalue weighted by molar-refractivity contribution is 0.0783. The number of nitrogens with zero attached hydrogens (tertiary/aromatic N) is 5. The number of hydrogen-bond acceptors (Lipinski definition) is 4. The van der Waals surface area contributed by atoms with E-state index in [2.05, 4.69) is 9.97 Å². The van der Waals surface area contributed by atoms with Crippen LogP contribution in [0, 0.1) is 6.92 Å². The van der Waals surface area contributed by atoms with Crippen molar-refractivity contribution in [3.8, 4) is 0 Å². The minimum absolute atomic E-state index is 0.0493. The molecule has 1 amide bonds. The number of aromatic nitrogens is 4. The molecule has 2 atom stereocenters. The van der Waals surface area contributed by atoms with Gasteiger partial charge in [-0.15, -0.1) is 0 Å². The molecule has 0 spiro atoms. The largest absolute Gasteiger partial charge is 0.338 e. The molecular weight excluding hydrogens is 304 g/mol. The third kappa shape index (κ3) is 2.37. The highest BCUT2D eigenvalue weighted by Gasteiger charge is 2.36. The first-order valence-electron chi connectivity index (χ1n) is 8.00. The molecule has 124 valence electrons. The summed E-state index contributed by atoms with van der Waals surface area (Å²) in [6, 6.07) is 3.84. The van der Waals surface area contributed by atoms with Crippen LogP contribution in [-0.4, -0.2) is 48.9 Å². The summed E-state index contributed by atoms with van der Waals surface area (Å²) >= 11 is 0. The molecule has 3 aromatic heterocycles. The molecule has 0 saturated carbocycles. The Morgan fingerprint density at radius 2 is 2.17 bits per heavy atom. The summed E-state index contributed by atoms with van der Waals surface area (Å²) in [6.45, 7) is 3.09. The number of amides is 1. The number of carbonyl (C=O) groups excluding carboxylic acids is 1. The van der Waals surface area contributed by atoms with Crippen molar-refractivity contribution < 1.29 is 4.79 Å². The molecule has 0 unspecified atom stereocenters. The van der Waals surface area contributed by atoms with E-state index < -0.39 is 0 Å². The van der Waals surface area contributed by atoms with Gasteiger partial charge in [0.25, 0.3) is 5.91 Å². The van der Waals surface area contributed by atoms with Gasteiger partial charge in [-0.1, -0.05) is 0 Å². The number of likely N-dealkylation sites (tertiary alicyclic amines) is 1. The van der Waals surface area contributed by atoms with Gasteiger partial charge < -0.3 is 19.6 Å². The zero-order valence-corrected chi connectivity index (χ0v) is 13.8. The van der Waals surface area contributed by atoms with E-state index >= 15 is 0 Å². The normalized spacial score (nSPS) is 20.9. The number of imidazole rings is 2. The van der Waals surface area contributed by atoms with Crippen LogP contribution in [0.1, 0.15) is 27.8 Å². The molecular formula is C17H20N6O. The van der Waals surface area contributed by atoms with Crippen LogP contribution in [0.25, 0.3) is 5.65 Å². The fourth-order valence-electron chi connectivity index (χ4n) is 3.35.